The number of nitrogens with two attached hydrogens (primary N) is 1. The lowest BCUT2D eigenvalue weighted by atomic mass is 9.95. The van der Waals surface area contributed by atoms with E-state index < -0.39 is 17.6 Å². The van der Waals surface area contributed by atoms with Crippen LogP contribution in [0.5, 0.6) is 5.75 Å². The van der Waals surface area contributed by atoms with Gasteiger partial charge in [0.2, 0.25) is 0 Å². The number of benzene rings is 1. The predicted octanol–water partition coefficient (Wildman–Crippen LogP) is 4.26. The van der Waals surface area contributed by atoms with Gasteiger partial charge in [0.05, 0.1) is 22.9 Å². The molecule has 182 valence electrons. The third-order valence-electron chi connectivity index (χ3n) is 5.93. The SMILES string of the molecule is Cc1nc(C(C)c2cc(Cl)c(F)c(C(=O)NC[C@H]3CCCO3)c2OC(C)C)n2ccnc(N)c12. The highest BCUT2D eigenvalue weighted by atomic mass is 35.5. The number of nitrogen functional groups attached to an aromatic ring is 1. The van der Waals surface area contributed by atoms with Gasteiger partial charge in [-0.3, -0.25) is 9.20 Å². The molecule has 1 amide bonds. The number of halogens is 2. The molecule has 2 atom stereocenters. The number of fused-ring (bicyclic) bond motifs is 1. The van der Waals surface area contributed by atoms with Gasteiger partial charge in [-0.1, -0.05) is 18.5 Å². The van der Waals surface area contributed by atoms with Gasteiger partial charge < -0.3 is 20.5 Å². The lowest BCUT2D eigenvalue weighted by Gasteiger charge is -2.23. The van der Waals surface area contributed by atoms with Gasteiger partial charge in [0.15, 0.2) is 5.82 Å². The molecule has 0 saturated carbocycles. The van der Waals surface area contributed by atoms with Crippen LogP contribution in [0.15, 0.2) is 18.5 Å². The number of hydrogen-bond donors (Lipinski definition) is 2. The number of ether oxygens (including phenoxy) is 2. The Balaban J connectivity index is 1.81. The quantitative estimate of drug-likeness (QED) is 0.514. The van der Waals surface area contributed by atoms with Crippen molar-refractivity contribution in [3.63, 3.8) is 0 Å². The van der Waals surface area contributed by atoms with Crippen molar-refractivity contribution in [3.05, 3.63) is 51.9 Å². The van der Waals surface area contributed by atoms with E-state index in [4.69, 9.17) is 31.8 Å². The van der Waals surface area contributed by atoms with Crippen molar-refractivity contribution in [2.45, 2.75) is 58.7 Å². The van der Waals surface area contributed by atoms with Crippen LogP contribution in [0.2, 0.25) is 5.02 Å². The standard InChI is InChI=1S/C24H29ClFN5O3/c1-12(2)34-21-16(13(3)23-30-14(4)20-22(27)28-7-8-31(20)23)10-17(25)19(26)18(21)24(32)29-11-15-6-5-9-33-15/h7-8,10,12-13,15H,5-6,9,11H2,1-4H3,(H2,27,28)(H,29,32)/t13?,15-/m1/s1. The molecular formula is C24H29ClFN5O3. The first kappa shape index (κ1) is 24.2. The zero-order valence-electron chi connectivity index (χ0n) is 19.7. The Kier molecular flexibility index (Phi) is 6.95. The summed E-state index contributed by atoms with van der Waals surface area (Å²) >= 11 is 6.29. The molecule has 1 aliphatic heterocycles. The zero-order chi connectivity index (χ0) is 24.6. The molecule has 2 aromatic heterocycles. The molecule has 3 aromatic rings. The number of aryl methyl sites for hydroxylation is 1. The van der Waals surface area contributed by atoms with E-state index in [1.54, 1.807) is 12.4 Å². The van der Waals surface area contributed by atoms with Crippen molar-refractivity contribution in [1.82, 2.24) is 19.7 Å². The zero-order valence-corrected chi connectivity index (χ0v) is 20.4. The number of rotatable bonds is 7. The Morgan fingerprint density at radius 1 is 1.44 bits per heavy atom. The van der Waals surface area contributed by atoms with Gasteiger partial charge in [0, 0.05) is 37.0 Å². The van der Waals surface area contributed by atoms with Crippen LogP contribution < -0.4 is 15.8 Å². The molecule has 10 heteroatoms. The number of aromatic nitrogens is 3. The Hall–Kier alpha value is -2.91. The maximum Gasteiger partial charge on any atom is 0.258 e. The van der Waals surface area contributed by atoms with Gasteiger partial charge >= 0.3 is 0 Å². The van der Waals surface area contributed by atoms with Gasteiger partial charge in [-0.25, -0.2) is 14.4 Å². The second-order valence-electron chi connectivity index (χ2n) is 8.79. The van der Waals surface area contributed by atoms with Crippen LogP contribution in [0.25, 0.3) is 5.52 Å². The summed E-state index contributed by atoms with van der Waals surface area (Å²) < 4.78 is 28.7. The maximum atomic E-state index is 15.3. The summed E-state index contributed by atoms with van der Waals surface area (Å²) in [4.78, 5) is 22.0. The minimum atomic E-state index is -0.823. The van der Waals surface area contributed by atoms with Crippen LogP contribution in [0.4, 0.5) is 10.2 Å². The van der Waals surface area contributed by atoms with Gasteiger partial charge in [-0.2, -0.15) is 0 Å². The molecule has 34 heavy (non-hydrogen) atoms. The third kappa shape index (κ3) is 4.54. The molecular weight excluding hydrogens is 461 g/mol. The van der Waals surface area contributed by atoms with Crippen LogP contribution in [-0.2, 0) is 4.74 Å². The first-order valence-corrected chi connectivity index (χ1v) is 11.7. The fourth-order valence-corrected chi connectivity index (χ4v) is 4.54. The highest BCUT2D eigenvalue weighted by Crippen LogP contribution is 2.40. The van der Waals surface area contributed by atoms with Crippen molar-refractivity contribution in [2.75, 3.05) is 18.9 Å². The number of amides is 1. The molecule has 0 bridgehead atoms. The molecule has 8 nitrogen and oxygen atoms in total. The number of carbonyl (C=O) groups excluding carboxylic acids is 1. The van der Waals surface area contributed by atoms with E-state index in [1.165, 1.54) is 6.07 Å². The third-order valence-corrected chi connectivity index (χ3v) is 6.21. The molecule has 3 N–H and O–H groups in total. The summed E-state index contributed by atoms with van der Waals surface area (Å²) in [6.45, 7) is 8.32. The molecule has 4 rings (SSSR count). The molecule has 1 saturated heterocycles. The Morgan fingerprint density at radius 3 is 2.88 bits per heavy atom. The van der Waals surface area contributed by atoms with Gasteiger partial charge in [-0.05, 0) is 39.7 Å². The summed E-state index contributed by atoms with van der Waals surface area (Å²) in [6.07, 6.45) is 4.74. The van der Waals surface area contributed by atoms with Crippen molar-refractivity contribution in [1.29, 1.82) is 0 Å². The summed E-state index contributed by atoms with van der Waals surface area (Å²) in [5, 5.41) is 2.61. The smallest absolute Gasteiger partial charge is 0.258 e. The molecule has 0 aliphatic carbocycles. The fourth-order valence-electron chi connectivity index (χ4n) is 4.33. The molecule has 0 spiro atoms. The summed E-state index contributed by atoms with van der Waals surface area (Å²) in [6, 6.07) is 1.50. The van der Waals surface area contributed by atoms with E-state index >= 15 is 4.39 Å². The van der Waals surface area contributed by atoms with Crippen LogP contribution in [0.1, 0.15) is 67.0 Å². The minimum Gasteiger partial charge on any atom is -0.490 e. The average molecular weight is 490 g/mol. The number of nitrogens with one attached hydrogen (secondary N) is 1. The van der Waals surface area contributed by atoms with Crippen molar-refractivity contribution >= 4 is 28.8 Å². The normalized spacial score (nSPS) is 16.9. The topological polar surface area (TPSA) is 104 Å². The average Bonchev–Trinajstić information content (AvgIpc) is 3.42. The first-order chi connectivity index (χ1) is 16.2. The van der Waals surface area contributed by atoms with Crippen molar-refractivity contribution in [3.8, 4) is 5.75 Å². The van der Waals surface area contributed by atoms with E-state index in [-0.39, 0.29) is 35.1 Å². The molecule has 1 unspecified atom stereocenters. The Morgan fingerprint density at radius 2 is 2.21 bits per heavy atom. The summed E-state index contributed by atoms with van der Waals surface area (Å²) in [5.41, 5.74) is 7.79. The monoisotopic (exact) mass is 489 g/mol. The summed E-state index contributed by atoms with van der Waals surface area (Å²) in [5.74, 6) is -0.683. The molecule has 1 aromatic carbocycles. The second-order valence-corrected chi connectivity index (χ2v) is 9.19. The van der Waals surface area contributed by atoms with Crippen LogP contribution in [-0.4, -0.2) is 45.6 Å². The molecule has 1 aliphatic rings. The second kappa shape index (κ2) is 9.76. The van der Waals surface area contributed by atoms with Gasteiger partial charge in [0.1, 0.15) is 28.5 Å². The number of hydrogen-bond acceptors (Lipinski definition) is 6. The Labute approximate surface area is 202 Å². The fraction of sp³-hybridized carbons (Fsp3) is 0.458. The number of anilines is 1. The van der Waals surface area contributed by atoms with Gasteiger partial charge in [0.25, 0.3) is 5.91 Å². The number of imidazole rings is 1. The van der Waals surface area contributed by atoms with E-state index in [0.717, 1.165) is 12.8 Å². The highest BCUT2D eigenvalue weighted by Gasteiger charge is 2.30. The summed E-state index contributed by atoms with van der Waals surface area (Å²) in [7, 11) is 0. The van der Waals surface area contributed by atoms with Crippen LogP contribution in [0, 0.1) is 12.7 Å². The van der Waals surface area contributed by atoms with Crippen molar-refractivity contribution in [2.24, 2.45) is 0 Å². The van der Waals surface area contributed by atoms with E-state index in [0.29, 0.717) is 35.0 Å². The molecule has 3 heterocycles. The van der Waals surface area contributed by atoms with Gasteiger partial charge in [-0.15, -0.1) is 0 Å². The van der Waals surface area contributed by atoms with E-state index in [9.17, 15) is 4.79 Å². The van der Waals surface area contributed by atoms with E-state index in [1.807, 2.05) is 32.1 Å². The predicted molar refractivity (Wildman–Crippen MR) is 128 cm³/mol. The molecule has 0 radical (unpaired) electrons. The maximum absolute atomic E-state index is 15.3. The van der Waals surface area contributed by atoms with Crippen molar-refractivity contribution < 1.29 is 18.7 Å². The highest BCUT2D eigenvalue weighted by molar-refractivity contribution is 6.31. The van der Waals surface area contributed by atoms with Crippen LogP contribution >= 0.6 is 11.6 Å². The number of nitrogens with zero attached hydrogens (tertiary/aromatic N) is 3. The van der Waals surface area contributed by atoms with E-state index in [2.05, 4.69) is 10.3 Å². The molecule has 1 fully saturated rings. The lowest BCUT2D eigenvalue weighted by molar-refractivity contribution is 0.0849. The largest absolute Gasteiger partial charge is 0.490 e. The first-order valence-electron chi connectivity index (χ1n) is 11.4. The van der Waals surface area contributed by atoms with Crippen LogP contribution in [0.3, 0.4) is 0 Å². The Bertz CT molecular complexity index is 1220. The lowest BCUT2D eigenvalue weighted by Crippen LogP contribution is -2.33. The minimum absolute atomic E-state index is 0.0858. The number of carbonyl (C=O) groups is 1.